The van der Waals surface area contributed by atoms with Crippen LogP contribution in [0.15, 0.2) is 18.2 Å². The van der Waals surface area contributed by atoms with E-state index in [1.165, 1.54) is 18.2 Å². The van der Waals surface area contributed by atoms with Crippen LogP contribution in [-0.4, -0.2) is 28.0 Å². The highest BCUT2D eigenvalue weighted by atomic mass is 16.4. The largest absolute Gasteiger partial charge is 0.507 e. The molecular weight excluding hydrogens is 212 g/mol. The number of carbonyl (C=O) groups excluding carboxylic acids is 1. The molecule has 0 aliphatic rings. The van der Waals surface area contributed by atoms with Crippen LogP contribution >= 0.6 is 0 Å². The lowest BCUT2D eigenvalue weighted by Crippen LogP contribution is -2.32. The normalized spacial score (nSPS) is 12.1. The molecule has 6 N–H and O–H groups in total. The first kappa shape index (κ1) is 12.0. The Labute approximate surface area is 91.5 Å². The van der Waals surface area contributed by atoms with Gasteiger partial charge in [-0.05, 0) is 12.1 Å². The van der Waals surface area contributed by atoms with E-state index >= 15 is 0 Å². The number of phenolic OH excluding ortho intramolecular Hbond substituents is 1. The monoisotopic (exact) mass is 224 g/mol. The zero-order valence-electron chi connectivity index (χ0n) is 8.38. The number of anilines is 1. The second kappa shape index (κ2) is 4.63. The summed E-state index contributed by atoms with van der Waals surface area (Å²) in [7, 11) is 0. The van der Waals surface area contributed by atoms with Crippen molar-refractivity contribution in [3.05, 3.63) is 23.8 Å². The third-order valence-corrected chi connectivity index (χ3v) is 2.08. The van der Waals surface area contributed by atoms with Gasteiger partial charge in [-0.1, -0.05) is 6.07 Å². The van der Waals surface area contributed by atoms with Crippen molar-refractivity contribution in [2.75, 3.05) is 5.73 Å². The maximum Gasteiger partial charge on any atom is 0.320 e. The van der Waals surface area contributed by atoms with Crippen LogP contribution in [0.1, 0.15) is 16.8 Å². The fourth-order valence-corrected chi connectivity index (χ4v) is 1.25. The van der Waals surface area contributed by atoms with Crippen LogP contribution in [0.3, 0.4) is 0 Å². The minimum atomic E-state index is -1.30. The molecule has 0 fully saturated rings. The quantitative estimate of drug-likeness (QED) is 0.420. The van der Waals surface area contributed by atoms with Gasteiger partial charge in [0.15, 0.2) is 5.78 Å². The Morgan fingerprint density at radius 3 is 2.50 bits per heavy atom. The number of benzene rings is 1. The van der Waals surface area contributed by atoms with Crippen molar-refractivity contribution in [3.63, 3.8) is 0 Å². The lowest BCUT2D eigenvalue weighted by molar-refractivity contribution is -0.138. The van der Waals surface area contributed by atoms with Crippen molar-refractivity contribution in [2.24, 2.45) is 5.73 Å². The second-order valence-electron chi connectivity index (χ2n) is 3.31. The molecule has 16 heavy (non-hydrogen) atoms. The lowest BCUT2D eigenvalue weighted by Gasteiger charge is -2.09. The number of carboxylic acids is 1. The van der Waals surface area contributed by atoms with Crippen molar-refractivity contribution < 1.29 is 19.8 Å². The highest BCUT2D eigenvalue weighted by Gasteiger charge is 2.21. The predicted molar refractivity (Wildman–Crippen MR) is 57.1 cm³/mol. The van der Waals surface area contributed by atoms with E-state index in [0.29, 0.717) is 0 Å². The van der Waals surface area contributed by atoms with Crippen LogP contribution in [0.25, 0.3) is 0 Å². The molecular formula is C10H12N2O4. The number of carboxylic acid groups (broad SMARTS) is 1. The first-order valence-electron chi connectivity index (χ1n) is 4.52. The molecule has 0 heterocycles. The molecule has 0 bridgehead atoms. The number of phenols is 1. The Balaban J connectivity index is 2.93. The van der Waals surface area contributed by atoms with Gasteiger partial charge in [0.2, 0.25) is 0 Å². The average molecular weight is 224 g/mol. The van der Waals surface area contributed by atoms with Gasteiger partial charge >= 0.3 is 5.97 Å². The molecule has 0 amide bonds. The summed E-state index contributed by atoms with van der Waals surface area (Å²) in [5, 5.41) is 18.0. The SMILES string of the molecule is Nc1cccc(O)c1C(=O)C[C@@H](N)C(=O)O. The molecule has 6 nitrogen and oxygen atoms in total. The van der Waals surface area contributed by atoms with E-state index in [1.807, 2.05) is 0 Å². The fourth-order valence-electron chi connectivity index (χ4n) is 1.25. The standard InChI is InChI=1S/C10H12N2O4/c11-5-2-1-3-7(13)9(5)8(14)4-6(12)10(15)16/h1-3,6,13H,4,11-12H2,(H,15,16)/t6-/m1/s1. The van der Waals surface area contributed by atoms with E-state index in [-0.39, 0.29) is 17.0 Å². The average Bonchev–Trinajstić information content (AvgIpc) is 2.16. The smallest absolute Gasteiger partial charge is 0.320 e. The van der Waals surface area contributed by atoms with Crippen LogP contribution in [0.4, 0.5) is 5.69 Å². The van der Waals surface area contributed by atoms with E-state index in [1.54, 1.807) is 0 Å². The van der Waals surface area contributed by atoms with Crippen LogP contribution in [0, 0.1) is 0 Å². The van der Waals surface area contributed by atoms with E-state index in [9.17, 15) is 14.7 Å². The second-order valence-corrected chi connectivity index (χ2v) is 3.31. The molecule has 0 saturated carbocycles. The summed E-state index contributed by atoms with van der Waals surface area (Å²) in [6, 6.07) is 2.93. The molecule has 0 aliphatic heterocycles. The van der Waals surface area contributed by atoms with E-state index in [2.05, 4.69) is 0 Å². The van der Waals surface area contributed by atoms with E-state index in [4.69, 9.17) is 16.6 Å². The molecule has 1 atom stereocenters. The number of hydrogen-bond acceptors (Lipinski definition) is 5. The molecule has 0 aromatic heterocycles. The van der Waals surface area contributed by atoms with Gasteiger partial charge in [-0.15, -0.1) is 0 Å². The summed E-state index contributed by atoms with van der Waals surface area (Å²) in [5.74, 6) is -2.14. The fraction of sp³-hybridized carbons (Fsp3) is 0.200. The summed E-state index contributed by atoms with van der Waals surface area (Å²) in [6.07, 6.45) is -0.406. The van der Waals surface area contributed by atoms with Crippen molar-refractivity contribution in [3.8, 4) is 5.75 Å². The number of ketones is 1. The van der Waals surface area contributed by atoms with Gasteiger partial charge in [0, 0.05) is 12.1 Å². The molecule has 1 aromatic carbocycles. The number of nitrogen functional groups attached to an aromatic ring is 1. The van der Waals surface area contributed by atoms with Gasteiger partial charge in [-0.25, -0.2) is 0 Å². The lowest BCUT2D eigenvalue weighted by atomic mass is 10.0. The predicted octanol–water partition coefficient (Wildman–Crippen LogP) is -0.0409. The highest BCUT2D eigenvalue weighted by Crippen LogP contribution is 2.24. The molecule has 0 aliphatic carbocycles. The summed E-state index contributed by atoms with van der Waals surface area (Å²) >= 11 is 0. The number of aliphatic carboxylic acids is 1. The summed E-state index contributed by atoms with van der Waals surface area (Å²) in [5.41, 5.74) is 10.7. The zero-order valence-corrected chi connectivity index (χ0v) is 8.38. The number of Topliss-reactive ketones (excluding diaryl/α,β-unsaturated/α-hetero) is 1. The van der Waals surface area contributed by atoms with Crippen LogP contribution in [0.5, 0.6) is 5.75 Å². The Bertz CT molecular complexity index is 411. The minimum absolute atomic E-state index is 0.0841. The van der Waals surface area contributed by atoms with Crippen molar-refractivity contribution in [1.29, 1.82) is 0 Å². The molecule has 86 valence electrons. The molecule has 1 rings (SSSR count). The number of aromatic hydroxyl groups is 1. The first-order chi connectivity index (χ1) is 7.43. The Morgan fingerprint density at radius 1 is 1.38 bits per heavy atom. The van der Waals surface area contributed by atoms with Crippen molar-refractivity contribution >= 4 is 17.4 Å². The Kier molecular flexibility index (Phi) is 3.47. The van der Waals surface area contributed by atoms with Crippen LogP contribution in [-0.2, 0) is 4.79 Å². The highest BCUT2D eigenvalue weighted by molar-refractivity contribution is 6.04. The van der Waals surface area contributed by atoms with Crippen molar-refractivity contribution in [2.45, 2.75) is 12.5 Å². The topological polar surface area (TPSA) is 127 Å². The van der Waals surface area contributed by atoms with Crippen molar-refractivity contribution in [1.82, 2.24) is 0 Å². The third-order valence-electron chi connectivity index (χ3n) is 2.08. The third kappa shape index (κ3) is 2.48. The number of hydrogen-bond donors (Lipinski definition) is 4. The van der Waals surface area contributed by atoms with Crippen LogP contribution in [0.2, 0.25) is 0 Å². The summed E-state index contributed by atoms with van der Waals surface area (Å²) in [6.45, 7) is 0. The maximum atomic E-state index is 11.6. The summed E-state index contributed by atoms with van der Waals surface area (Å²) < 4.78 is 0. The molecule has 1 aromatic rings. The zero-order chi connectivity index (χ0) is 12.3. The number of carbonyl (C=O) groups is 2. The molecule has 0 radical (unpaired) electrons. The first-order valence-corrected chi connectivity index (χ1v) is 4.52. The van der Waals surface area contributed by atoms with Gasteiger partial charge in [0.05, 0.1) is 5.56 Å². The van der Waals surface area contributed by atoms with Gasteiger partial charge in [-0.2, -0.15) is 0 Å². The molecule has 0 spiro atoms. The Hall–Kier alpha value is -2.08. The minimum Gasteiger partial charge on any atom is -0.507 e. The molecule has 6 heteroatoms. The Morgan fingerprint density at radius 2 is 2.00 bits per heavy atom. The summed E-state index contributed by atoms with van der Waals surface area (Å²) in [4.78, 5) is 22.1. The maximum absolute atomic E-state index is 11.6. The van der Waals surface area contributed by atoms with Gasteiger partial charge in [-0.3, -0.25) is 9.59 Å². The molecule has 0 unspecified atom stereocenters. The molecule has 0 saturated heterocycles. The van der Waals surface area contributed by atoms with Gasteiger partial charge in [0.1, 0.15) is 11.8 Å². The van der Waals surface area contributed by atoms with Gasteiger partial charge < -0.3 is 21.7 Å². The van der Waals surface area contributed by atoms with Crippen LogP contribution < -0.4 is 11.5 Å². The number of nitrogens with two attached hydrogens (primary N) is 2. The van der Waals surface area contributed by atoms with E-state index in [0.717, 1.165) is 0 Å². The van der Waals surface area contributed by atoms with Gasteiger partial charge in [0.25, 0.3) is 0 Å². The number of rotatable bonds is 4. The van der Waals surface area contributed by atoms with E-state index < -0.39 is 24.2 Å².